The highest BCUT2D eigenvalue weighted by Crippen LogP contribution is 2.31. The van der Waals surface area contributed by atoms with E-state index in [2.05, 4.69) is 26.2 Å². The molecule has 0 aliphatic rings. The molecule has 0 spiro atoms. The zero-order valence-electron chi connectivity index (χ0n) is 10.5. The minimum Gasteiger partial charge on any atom is -0.334 e. The van der Waals surface area contributed by atoms with E-state index in [-0.39, 0.29) is 5.69 Å². The Morgan fingerprint density at radius 1 is 1.32 bits per heavy atom. The highest BCUT2D eigenvalue weighted by atomic mass is 79.9. The molecule has 0 saturated carbocycles. The lowest BCUT2D eigenvalue weighted by Crippen LogP contribution is -2.02. The number of halogens is 1. The van der Waals surface area contributed by atoms with Crippen LogP contribution in [0.5, 0.6) is 0 Å². The molecule has 6 heteroatoms. The van der Waals surface area contributed by atoms with Gasteiger partial charge in [-0.25, -0.2) is 4.98 Å². The molecule has 0 radical (unpaired) electrons. The molecule has 1 heterocycles. The standard InChI is InChI=1S/C13H12BrN3O2/c1-8-4-3-5-11(17(18)19)12(8)16-13-9(2)6-10(14)7-15-13/h3-7H,1-2H3,(H,15,16). The Morgan fingerprint density at radius 3 is 2.68 bits per heavy atom. The predicted octanol–water partition coefficient (Wildman–Crippen LogP) is 4.11. The van der Waals surface area contributed by atoms with Gasteiger partial charge >= 0.3 is 0 Å². The second-order valence-electron chi connectivity index (χ2n) is 4.17. The van der Waals surface area contributed by atoms with Crippen molar-refractivity contribution in [1.29, 1.82) is 0 Å². The van der Waals surface area contributed by atoms with Gasteiger partial charge in [0.25, 0.3) is 5.69 Å². The molecule has 1 aromatic heterocycles. The number of rotatable bonds is 3. The van der Waals surface area contributed by atoms with Gasteiger partial charge in [-0.15, -0.1) is 0 Å². The number of aryl methyl sites for hydroxylation is 2. The first-order valence-electron chi connectivity index (χ1n) is 5.62. The van der Waals surface area contributed by atoms with Crippen LogP contribution in [-0.2, 0) is 0 Å². The molecule has 0 fully saturated rings. The molecule has 5 nitrogen and oxygen atoms in total. The molecule has 0 unspecified atom stereocenters. The largest absolute Gasteiger partial charge is 0.334 e. The van der Waals surface area contributed by atoms with Crippen LogP contribution < -0.4 is 5.32 Å². The molecule has 0 bridgehead atoms. The Kier molecular flexibility index (Phi) is 3.80. The van der Waals surface area contributed by atoms with Crippen LogP contribution in [0.1, 0.15) is 11.1 Å². The maximum Gasteiger partial charge on any atom is 0.292 e. The molecule has 2 rings (SSSR count). The summed E-state index contributed by atoms with van der Waals surface area (Å²) in [4.78, 5) is 14.9. The molecular formula is C13H12BrN3O2. The van der Waals surface area contributed by atoms with Gasteiger partial charge in [-0.05, 0) is 47.0 Å². The number of nitro benzene ring substituents is 1. The SMILES string of the molecule is Cc1cc(Br)cnc1Nc1c(C)cccc1[N+](=O)[O-]. The third-order valence-corrected chi connectivity index (χ3v) is 3.17. The van der Waals surface area contributed by atoms with E-state index in [0.717, 1.165) is 15.6 Å². The number of hydrogen-bond donors (Lipinski definition) is 1. The van der Waals surface area contributed by atoms with Gasteiger partial charge in [0.2, 0.25) is 0 Å². The van der Waals surface area contributed by atoms with Crippen molar-refractivity contribution in [2.24, 2.45) is 0 Å². The lowest BCUT2D eigenvalue weighted by atomic mass is 10.1. The minimum absolute atomic E-state index is 0.0455. The summed E-state index contributed by atoms with van der Waals surface area (Å²) in [7, 11) is 0. The second-order valence-corrected chi connectivity index (χ2v) is 5.09. The Labute approximate surface area is 119 Å². The van der Waals surface area contributed by atoms with Gasteiger partial charge in [0, 0.05) is 16.7 Å². The first-order chi connectivity index (χ1) is 8.99. The van der Waals surface area contributed by atoms with Crippen LogP contribution in [0.15, 0.2) is 34.9 Å². The van der Waals surface area contributed by atoms with Crippen LogP contribution in [0.2, 0.25) is 0 Å². The fraction of sp³-hybridized carbons (Fsp3) is 0.154. The van der Waals surface area contributed by atoms with Gasteiger partial charge in [-0.3, -0.25) is 10.1 Å². The van der Waals surface area contributed by atoms with Crippen molar-refractivity contribution >= 4 is 33.1 Å². The fourth-order valence-corrected chi connectivity index (χ4v) is 2.20. The van der Waals surface area contributed by atoms with E-state index in [4.69, 9.17) is 0 Å². The Bertz CT molecular complexity index is 644. The van der Waals surface area contributed by atoms with Crippen molar-refractivity contribution in [2.75, 3.05) is 5.32 Å². The average molecular weight is 322 g/mol. The predicted molar refractivity (Wildman–Crippen MR) is 77.8 cm³/mol. The number of nitro groups is 1. The van der Waals surface area contributed by atoms with E-state index >= 15 is 0 Å². The van der Waals surface area contributed by atoms with Crippen LogP contribution in [0.25, 0.3) is 0 Å². The molecule has 0 amide bonds. The van der Waals surface area contributed by atoms with E-state index in [1.807, 2.05) is 26.0 Å². The zero-order valence-corrected chi connectivity index (χ0v) is 12.1. The molecule has 1 aromatic carbocycles. The second kappa shape index (κ2) is 5.36. The summed E-state index contributed by atoms with van der Waals surface area (Å²) in [5, 5.41) is 14.1. The first-order valence-corrected chi connectivity index (χ1v) is 6.41. The van der Waals surface area contributed by atoms with Crippen molar-refractivity contribution in [1.82, 2.24) is 4.98 Å². The van der Waals surface area contributed by atoms with Gasteiger partial charge in [-0.2, -0.15) is 0 Å². The number of nitrogens with zero attached hydrogens (tertiary/aromatic N) is 2. The van der Waals surface area contributed by atoms with Gasteiger partial charge in [0.15, 0.2) is 0 Å². The average Bonchev–Trinajstić information content (AvgIpc) is 2.34. The number of pyridine rings is 1. The Balaban J connectivity index is 2.46. The summed E-state index contributed by atoms with van der Waals surface area (Å²) >= 11 is 3.34. The number of benzene rings is 1. The Hall–Kier alpha value is -1.95. The van der Waals surface area contributed by atoms with Crippen molar-refractivity contribution in [3.8, 4) is 0 Å². The number of anilines is 2. The molecule has 0 aliphatic heterocycles. The summed E-state index contributed by atoms with van der Waals surface area (Å²) in [6.45, 7) is 3.72. The van der Waals surface area contributed by atoms with Gasteiger partial charge < -0.3 is 5.32 Å². The summed E-state index contributed by atoms with van der Waals surface area (Å²) in [5.74, 6) is 0.612. The van der Waals surface area contributed by atoms with E-state index in [1.165, 1.54) is 6.07 Å². The van der Waals surface area contributed by atoms with Crippen LogP contribution in [0, 0.1) is 24.0 Å². The minimum atomic E-state index is -0.399. The monoisotopic (exact) mass is 321 g/mol. The Morgan fingerprint density at radius 2 is 2.05 bits per heavy atom. The molecule has 1 N–H and O–H groups in total. The third-order valence-electron chi connectivity index (χ3n) is 2.74. The number of aromatic nitrogens is 1. The van der Waals surface area contributed by atoms with Crippen LogP contribution in [0.4, 0.5) is 17.2 Å². The quantitative estimate of drug-likeness (QED) is 0.682. The zero-order chi connectivity index (χ0) is 14.0. The lowest BCUT2D eigenvalue weighted by Gasteiger charge is -2.11. The smallest absolute Gasteiger partial charge is 0.292 e. The normalized spacial score (nSPS) is 10.3. The van der Waals surface area contributed by atoms with E-state index < -0.39 is 4.92 Å². The topological polar surface area (TPSA) is 68.1 Å². The lowest BCUT2D eigenvalue weighted by molar-refractivity contribution is -0.384. The molecule has 0 saturated heterocycles. The molecule has 2 aromatic rings. The van der Waals surface area contributed by atoms with E-state index in [9.17, 15) is 10.1 Å². The van der Waals surface area contributed by atoms with E-state index in [1.54, 1.807) is 12.3 Å². The molecule has 0 atom stereocenters. The van der Waals surface area contributed by atoms with Crippen molar-refractivity contribution in [3.05, 3.63) is 56.2 Å². The summed E-state index contributed by atoms with van der Waals surface area (Å²) in [5.41, 5.74) is 2.24. The van der Waals surface area contributed by atoms with Crippen molar-refractivity contribution in [3.63, 3.8) is 0 Å². The van der Waals surface area contributed by atoms with Gasteiger partial charge in [0.1, 0.15) is 11.5 Å². The highest BCUT2D eigenvalue weighted by Gasteiger charge is 2.16. The summed E-state index contributed by atoms with van der Waals surface area (Å²) in [6, 6.07) is 6.87. The highest BCUT2D eigenvalue weighted by molar-refractivity contribution is 9.10. The first kappa shape index (κ1) is 13.5. The van der Waals surface area contributed by atoms with Gasteiger partial charge in [-0.1, -0.05) is 12.1 Å². The van der Waals surface area contributed by atoms with Gasteiger partial charge in [0.05, 0.1) is 4.92 Å². The molecule has 98 valence electrons. The summed E-state index contributed by atoms with van der Waals surface area (Å²) < 4.78 is 0.870. The van der Waals surface area contributed by atoms with Crippen LogP contribution in [-0.4, -0.2) is 9.91 Å². The van der Waals surface area contributed by atoms with Crippen LogP contribution >= 0.6 is 15.9 Å². The van der Waals surface area contributed by atoms with Crippen molar-refractivity contribution in [2.45, 2.75) is 13.8 Å². The van der Waals surface area contributed by atoms with E-state index in [0.29, 0.717) is 11.5 Å². The fourth-order valence-electron chi connectivity index (χ4n) is 1.76. The molecule has 0 aliphatic carbocycles. The number of hydrogen-bond acceptors (Lipinski definition) is 4. The summed E-state index contributed by atoms with van der Waals surface area (Å²) in [6.07, 6.45) is 1.65. The third kappa shape index (κ3) is 2.90. The van der Waals surface area contributed by atoms with Crippen molar-refractivity contribution < 1.29 is 4.92 Å². The number of nitrogens with one attached hydrogen (secondary N) is 1. The number of para-hydroxylation sites is 1. The molecule has 19 heavy (non-hydrogen) atoms. The maximum atomic E-state index is 11.0. The van der Waals surface area contributed by atoms with Crippen LogP contribution in [0.3, 0.4) is 0 Å². The maximum absolute atomic E-state index is 11.0. The molecular weight excluding hydrogens is 310 g/mol.